The zero-order valence-corrected chi connectivity index (χ0v) is 18.2. The van der Waals surface area contributed by atoms with E-state index in [4.69, 9.17) is 4.74 Å². The Labute approximate surface area is 182 Å². The number of nitrogens with one attached hydrogen (secondary N) is 1. The highest BCUT2D eigenvalue weighted by Crippen LogP contribution is 2.22. The SMILES string of the molecule is CCN1CCN(CCNC(=O)CC2OCCn3c2nn(Cc2ccccc2)c3=O)CC1. The Balaban J connectivity index is 1.30. The van der Waals surface area contributed by atoms with Crippen molar-refractivity contribution in [1.29, 1.82) is 0 Å². The van der Waals surface area contributed by atoms with Crippen molar-refractivity contribution in [3.8, 4) is 0 Å². The number of rotatable bonds is 8. The van der Waals surface area contributed by atoms with Crippen LogP contribution in [0.15, 0.2) is 35.1 Å². The number of nitrogens with zero attached hydrogens (tertiary/aromatic N) is 5. The number of hydrogen-bond donors (Lipinski definition) is 1. The van der Waals surface area contributed by atoms with Crippen molar-refractivity contribution < 1.29 is 9.53 Å². The van der Waals surface area contributed by atoms with E-state index in [9.17, 15) is 9.59 Å². The van der Waals surface area contributed by atoms with Crippen molar-refractivity contribution >= 4 is 5.91 Å². The van der Waals surface area contributed by atoms with Gasteiger partial charge in [0.25, 0.3) is 0 Å². The summed E-state index contributed by atoms with van der Waals surface area (Å²) in [6.07, 6.45) is -0.322. The lowest BCUT2D eigenvalue weighted by atomic mass is 10.2. The molecule has 168 valence electrons. The molecule has 1 saturated heterocycles. The van der Waals surface area contributed by atoms with Gasteiger partial charge in [0.15, 0.2) is 5.82 Å². The third-order valence-corrected chi connectivity index (χ3v) is 6.08. The number of piperazine rings is 1. The van der Waals surface area contributed by atoms with E-state index in [1.165, 1.54) is 4.68 Å². The molecule has 2 aliphatic heterocycles. The van der Waals surface area contributed by atoms with Gasteiger partial charge in [0.05, 0.1) is 26.1 Å². The second-order valence-electron chi connectivity index (χ2n) is 8.13. The molecule has 0 aliphatic carbocycles. The smallest absolute Gasteiger partial charge is 0.346 e. The Bertz CT molecular complexity index is 917. The van der Waals surface area contributed by atoms with Gasteiger partial charge in [-0.1, -0.05) is 37.3 Å². The number of ether oxygens (including phenoxy) is 1. The highest BCUT2D eigenvalue weighted by atomic mass is 16.5. The summed E-state index contributed by atoms with van der Waals surface area (Å²) in [4.78, 5) is 30.1. The normalized spacial score (nSPS) is 19.8. The molecule has 9 heteroatoms. The Hall–Kier alpha value is -2.49. The molecule has 3 heterocycles. The fourth-order valence-electron chi connectivity index (χ4n) is 4.20. The van der Waals surface area contributed by atoms with E-state index >= 15 is 0 Å². The minimum Gasteiger partial charge on any atom is -0.368 e. The molecule has 0 saturated carbocycles. The maximum atomic E-state index is 12.7. The van der Waals surface area contributed by atoms with Gasteiger partial charge in [-0.3, -0.25) is 14.3 Å². The third-order valence-electron chi connectivity index (χ3n) is 6.08. The van der Waals surface area contributed by atoms with Crippen molar-refractivity contribution in [2.75, 3.05) is 52.4 Å². The Morgan fingerprint density at radius 2 is 1.87 bits per heavy atom. The lowest BCUT2D eigenvalue weighted by Gasteiger charge is -2.34. The van der Waals surface area contributed by atoms with E-state index in [0.717, 1.165) is 44.8 Å². The summed E-state index contributed by atoms with van der Waals surface area (Å²) >= 11 is 0. The van der Waals surface area contributed by atoms with E-state index in [1.54, 1.807) is 4.57 Å². The zero-order valence-electron chi connectivity index (χ0n) is 18.2. The lowest BCUT2D eigenvalue weighted by molar-refractivity contribution is -0.125. The van der Waals surface area contributed by atoms with Crippen LogP contribution in [-0.4, -0.2) is 82.5 Å². The standard InChI is InChI=1S/C22H32N6O3/c1-2-25-10-12-26(13-11-25)9-8-23-20(29)16-19-21-24-28(17-18-6-4-3-5-7-18)22(30)27(21)14-15-31-19/h3-7,19H,2,8-17H2,1H3,(H,23,29). The first-order valence-electron chi connectivity index (χ1n) is 11.2. The van der Waals surface area contributed by atoms with Gasteiger partial charge in [0.2, 0.25) is 5.91 Å². The third kappa shape index (κ3) is 5.41. The Morgan fingerprint density at radius 1 is 1.13 bits per heavy atom. The highest BCUT2D eigenvalue weighted by molar-refractivity contribution is 5.76. The molecule has 2 aliphatic rings. The number of benzene rings is 1. The molecular weight excluding hydrogens is 396 g/mol. The van der Waals surface area contributed by atoms with Crippen LogP contribution in [0.2, 0.25) is 0 Å². The van der Waals surface area contributed by atoms with Crippen LogP contribution in [0.5, 0.6) is 0 Å². The fourth-order valence-corrected chi connectivity index (χ4v) is 4.20. The maximum Gasteiger partial charge on any atom is 0.346 e. The zero-order chi connectivity index (χ0) is 21.6. The maximum absolute atomic E-state index is 12.7. The largest absolute Gasteiger partial charge is 0.368 e. The van der Waals surface area contributed by atoms with Gasteiger partial charge in [0.1, 0.15) is 6.10 Å². The minimum absolute atomic E-state index is 0.0734. The van der Waals surface area contributed by atoms with Gasteiger partial charge in [-0.2, -0.15) is 5.10 Å². The average Bonchev–Trinajstić information content (AvgIpc) is 3.11. The molecule has 1 aromatic carbocycles. The van der Waals surface area contributed by atoms with Crippen molar-refractivity contribution in [1.82, 2.24) is 29.5 Å². The summed E-state index contributed by atoms with van der Waals surface area (Å²) in [6.45, 7) is 10.3. The number of amides is 1. The quantitative estimate of drug-likeness (QED) is 0.652. The number of hydrogen-bond acceptors (Lipinski definition) is 6. The summed E-state index contributed by atoms with van der Waals surface area (Å²) in [5.74, 6) is 0.466. The predicted molar refractivity (Wildman–Crippen MR) is 117 cm³/mol. The second kappa shape index (κ2) is 10.2. The fraction of sp³-hybridized carbons (Fsp3) is 0.591. The van der Waals surface area contributed by atoms with E-state index in [-0.39, 0.29) is 18.0 Å². The summed E-state index contributed by atoms with van der Waals surface area (Å²) in [5.41, 5.74) is 0.855. The van der Waals surface area contributed by atoms with Crippen LogP contribution in [0.3, 0.4) is 0 Å². The molecule has 0 bridgehead atoms. The molecule has 1 fully saturated rings. The first-order valence-corrected chi connectivity index (χ1v) is 11.2. The molecule has 31 heavy (non-hydrogen) atoms. The second-order valence-corrected chi connectivity index (χ2v) is 8.13. The Morgan fingerprint density at radius 3 is 2.61 bits per heavy atom. The summed E-state index contributed by atoms with van der Waals surface area (Å²) in [7, 11) is 0. The van der Waals surface area contributed by atoms with Crippen molar-refractivity contribution in [2.24, 2.45) is 0 Å². The number of carbonyl (C=O) groups excluding carboxylic acids is 1. The molecule has 1 aromatic heterocycles. The number of likely N-dealkylation sites (N-methyl/N-ethyl adjacent to an activating group) is 1. The summed E-state index contributed by atoms with van der Waals surface area (Å²) in [5, 5.41) is 7.50. The first kappa shape index (κ1) is 21.7. The van der Waals surface area contributed by atoms with Crippen LogP contribution in [0.25, 0.3) is 0 Å². The molecule has 9 nitrogen and oxygen atoms in total. The minimum atomic E-state index is -0.494. The van der Waals surface area contributed by atoms with E-state index < -0.39 is 6.10 Å². The molecule has 1 atom stereocenters. The first-order chi connectivity index (χ1) is 15.1. The summed E-state index contributed by atoms with van der Waals surface area (Å²) < 4.78 is 8.90. The number of aromatic nitrogens is 3. The molecule has 1 unspecified atom stereocenters. The van der Waals surface area contributed by atoms with Gasteiger partial charge in [-0.05, 0) is 12.1 Å². The average molecular weight is 429 g/mol. The molecule has 0 spiro atoms. The van der Waals surface area contributed by atoms with Gasteiger partial charge < -0.3 is 15.0 Å². The number of fused-ring (bicyclic) bond motifs is 1. The molecule has 1 amide bonds. The summed E-state index contributed by atoms with van der Waals surface area (Å²) in [6, 6.07) is 9.76. The van der Waals surface area contributed by atoms with Crippen molar-refractivity contribution in [2.45, 2.75) is 32.5 Å². The van der Waals surface area contributed by atoms with Gasteiger partial charge >= 0.3 is 5.69 Å². The lowest BCUT2D eigenvalue weighted by Crippen LogP contribution is -2.48. The van der Waals surface area contributed by atoms with Crippen molar-refractivity contribution in [3.63, 3.8) is 0 Å². The Kier molecular flexibility index (Phi) is 7.16. The molecule has 0 radical (unpaired) electrons. The van der Waals surface area contributed by atoms with Crippen LogP contribution in [-0.2, 0) is 22.6 Å². The predicted octanol–water partition coefficient (Wildman–Crippen LogP) is 0.308. The van der Waals surface area contributed by atoms with Gasteiger partial charge in [0, 0.05) is 39.3 Å². The van der Waals surface area contributed by atoms with E-state index in [2.05, 4.69) is 27.1 Å². The highest BCUT2D eigenvalue weighted by Gasteiger charge is 2.28. The monoisotopic (exact) mass is 428 g/mol. The molecule has 1 N–H and O–H groups in total. The number of carbonyl (C=O) groups is 1. The van der Waals surface area contributed by atoms with Crippen molar-refractivity contribution in [3.05, 3.63) is 52.2 Å². The van der Waals surface area contributed by atoms with Crippen LogP contribution >= 0.6 is 0 Å². The van der Waals surface area contributed by atoms with Gasteiger partial charge in [-0.15, -0.1) is 0 Å². The van der Waals surface area contributed by atoms with E-state index in [1.807, 2.05) is 30.3 Å². The van der Waals surface area contributed by atoms with Crippen LogP contribution < -0.4 is 11.0 Å². The molecular formula is C22H32N6O3. The van der Waals surface area contributed by atoms with Crippen LogP contribution in [0, 0.1) is 0 Å². The van der Waals surface area contributed by atoms with Gasteiger partial charge in [-0.25, -0.2) is 9.48 Å². The molecule has 4 rings (SSSR count). The van der Waals surface area contributed by atoms with Crippen LogP contribution in [0.4, 0.5) is 0 Å². The van der Waals surface area contributed by atoms with E-state index in [0.29, 0.717) is 32.1 Å². The topological polar surface area (TPSA) is 84.6 Å². The molecule has 2 aromatic rings. The van der Waals surface area contributed by atoms with Crippen LogP contribution in [0.1, 0.15) is 30.8 Å².